The summed E-state index contributed by atoms with van der Waals surface area (Å²) >= 11 is 0. The van der Waals surface area contributed by atoms with Gasteiger partial charge in [0.1, 0.15) is 5.75 Å². The Balaban J connectivity index is 1.57. The Hall–Kier alpha value is -3.69. The molecule has 0 aromatic heterocycles. The van der Waals surface area contributed by atoms with Gasteiger partial charge in [0.2, 0.25) is 15.9 Å². The Kier molecular flexibility index (Phi) is 7.81. The highest BCUT2D eigenvalue weighted by atomic mass is 32.2. The van der Waals surface area contributed by atoms with Crippen molar-refractivity contribution in [3.63, 3.8) is 0 Å². The Labute approximate surface area is 193 Å². The molecule has 9 heteroatoms. The van der Waals surface area contributed by atoms with Crippen molar-refractivity contribution in [3.8, 4) is 5.75 Å². The van der Waals surface area contributed by atoms with E-state index in [-0.39, 0.29) is 24.0 Å². The molecule has 8 nitrogen and oxygen atoms in total. The maximum atomic E-state index is 12.6. The molecule has 0 atom stereocenters. The molecule has 0 radical (unpaired) electrons. The third-order valence-electron chi connectivity index (χ3n) is 4.59. The lowest BCUT2D eigenvalue weighted by Gasteiger charge is -2.12. The van der Waals surface area contributed by atoms with E-state index in [1.165, 1.54) is 25.1 Å². The van der Waals surface area contributed by atoms with E-state index in [0.717, 1.165) is 5.56 Å². The minimum absolute atomic E-state index is 0.113. The zero-order valence-corrected chi connectivity index (χ0v) is 19.1. The molecule has 172 valence electrons. The lowest BCUT2D eigenvalue weighted by Crippen LogP contribution is -2.23. The maximum Gasteiger partial charge on any atom is 0.262 e. The maximum absolute atomic E-state index is 12.6. The average molecular weight is 468 g/mol. The summed E-state index contributed by atoms with van der Waals surface area (Å²) in [5.41, 5.74) is 2.51. The number of nitrogens with one attached hydrogen (secondary N) is 3. The standard InChI is InChI=1S/C24H25N3O5S/c1-17-13-22(33(30,31)25-15-19-7-4-3-5-8-19)11-12-23(17)32-16-24(29)27-21-10-6-9-20(14-21)26-18(2)28/h3-14,25H,15-16H2,1-2H3,(H,26,28)(H,27,29). The van der Waals surface area contributed by atoms with Crippen molar-refractivity contribution in [2.24, 2.45) is 0 Å². The number of hydrogen-bond donors (Lipinski definition) is 3. The highest BCUT2D eigenvalue weighted by molar-refractivity contribution is 7.89. The van der Waals surface area contributed by atoms with Crippen LogP contribution in [0.25, 0.3) is 0 Å². The van der Waals surface area contributed by atoms with Crippen molar-refractivity contribution in [1.82, 2.24) is 4.72 Å². The molecule has 0 saturated carbocycles. The normalized spacial score (nSPS) is 11.0. The molecule has 2 amide bonds. The van der Waals surface area contributed by atoms with Gasteiger partial charge >= 0.3 is 0 Å². The summed E-state index contributed by atoms with van der Waals surface area (Å²) in [5, 5.41) is 5.34. The van der Waals surface area contributed by atoms with Crippen molar-refractivity contribution < 1.29 is 22.7 Å². The Morgan fingerprint density at radius 2 is 1.58 bits per heavy atom. The molecule has 0 saturated heterocycles. The molecule has 0 aliphatic heterocycles. The number of anilines is 2. The SMILES string of the molecule is CC(=O)Nc1cccc(NC(=O)COc2ccc(S(=O)(=O)NCc3ccccc3)cc2C)c1. The molecule has 3 rings (SSSR count). The van der Waals surface area contributed by atoms with Gasteiger partial charge < -0.3 is 15.4 Å². The topological polar surface area (TPSA) is 114 Å². The van der Waals surface area contributed by atoms with E-state index in [0.29, 0.717) is 22.7 Å². The number of hydrogen-bond acceptors (Lipinski definition) is 5. The van der Waals surface area contributed by atoms with Crippen molar-refractivity contribution in [2.45, 2.75) is 25.3 Å². The van der Waals surface area contributed by atoms with Crippen LogP contribution < -0.4 is 20.1 Å². The predicted molar refractivity (Wildman–Crippen MR) is 127 cm³/mol. The summed E-state index contributed by atoms with van der Waals surface area (Å²) in [6, 6.07) is 20.4. The molecule has 0 bridgehead atoms. The van der Waals surface area contributed by atoms with E-state index in [9.17, 15) is 18.0 Å². The van der Waals surface area contributed by atoms with E-state index in [2.05, 4.69) is 15.4 Å². The fourth-order valence-corrected chi connectivity index (χ4v) is 4.13. The Bertz CT molecular complexity index is 1240. The lowest BCUT2D eigenvalue weighted by molar-refractivity contribution is -0.118. The highest BCUT2D eigenvalue weighted by Gasteiger charge is 2.16. The van der Waals surface area contributed by atoms with Gasteiger partial charge in [-0.05, 0) is 54.4 Å². The van der Waals surface area contributed by atoms with Crippen LogP contribution >= 0.6 is 0 Å². The van der Waals surface area contributed by atoms with E-state index in [1.54, 1.807) is 31.2 Å². The second-order valence-corrected chi connectivity index (χ2v) is 9.10. The van der Waals surface area contributed by atoms with Gasteiger partial charge in [0, 0.05) is 24.8 Å². The van der Waals surface area contributed by atoms with Crippen LogP contribution in [0, 0.1) is 6.92 Å². The van der Waals surface area contributed by atoms with Crippen LogP contribution in [0.4, 0.5) is 11.4 Å². The van der Waals surface area contributed by atoms with Crippen LogP contribution in [0.3, 0.4) is 0 Å². The fourth-order valence-electron chi connectivity index (χ4n) is 3.03. The summed E-state index contributed by atoms with van der Waals surface area (Å²) in [6.07, 6.45) is 0. The molecule has 0 aliphatic rings. The number of benzene rings is 3. The molecule has 0 heterocycles. The van der Waals surface area contributed by atoms with Crippen molar-refractivity contribution in [1.29, 1.82) is 0 Å². The number of carbonyl (C=O) groups excluding carboxylic acids is 2. The van der Waals surface area contributed by atoms with Crippen LogP contribution in [0.15, 0.2) is 77.7 Å². The minimum atomic E-state index is -3.70. The molecule has 0 spiro atoms. The van der Waals surface area contributed by atoms with Crippen LogP contribution in [0.1, 0.15) is 18.1 Å². The van der Waals surface area contributed by atoms with Crippen LogP contribution in [-0.2, 0) is 26.2 Å². The molecular weight excluding hydrogens is 442 g/mol. The van der Waals surface area contributed by atoms with Gasteiger partial charge in [-0.2, -0.15) is 0 Å². The van der Waals surface area contributed by atoms with E-state index in [1.807, 2.05) is 30.3 Å². The first kappa shape index (κ1) is 24.0. The Morgan fingerprint density at radius 1 is 0.879 bits per heavy atom. The van der Waals surface area contributed by atoms with E-state index >= 15 is 0 Å². The summed E-state index contributed by atoms with van der Waals surface area (Å²) in [5.74, 6) is -0.201. The molecule has 0 aliphatic carbocycles. The summed E-state index contributed by atoms with van der Waals surface area (Å²) < 4.78 is 33.3. The van der Waals surface area contributed by atoms with Gasteiger partial charge in [0.25, 0.3) is 5.91 Å². The zero-order chi connectivity index (χ0) is 23.8. The monoisotopic (exact) mass is 467 g/mol. The van der Waals surface area contributed by atoms with Gasteiger partial charge in [-0.3, -0.25) is 9.59 Å². The second kappa shape index (κ2) is 10.8. The van der Waals surface area contributed by atoms with Crippen molar-refractivity contribution in [3.05, 3.63) is 83.9 Å². The molecule has 3 aromatic carbocycles. The average Bonchev–Trinajstić information content (AvgIpc) is 2.77. The number of amides is 2. The number of sulfonamides is 1. The molecule has 3 aromatic rings. The van der Waals surface area contributed by atoms with E-state index < -0.39 is 15.9 Å². The summed E-state index contributed by atoms with van der Waals surface area (Å²) in [6.45, 7) is 3.03. The number of carbonyl (C=O) groups is 2. The molecular formula is C24H25N3O5S. The van der Waals surface area contributed by atoms with Gasteiger partial charge in [0.05, 0.1) is 4.90 Å². The first-order valence-electron chi connectivity index (χ1n) is 10.2. The zero-order valence-electron chi connectivity index (χ0n) is 18.3. The number of ether oxygens (including phenoxy) is 1. The summed E-state index contributed by atoms with van der Waals surface area (Å²) in [7, 11) is -3.70. The van der Waals surface area contributed by atoms with Crippen LogP contribution in [-0.4, -0.2) is 26.8 Å². The molecule has 0 fully saturated rings. The molecule has 33 heavy (non-hydrogen) atoms. The highest BCUT2D eigenvalue weighted by Crippen LogP contribution is 2.22. The smallest absolute Gasteiger partial charge is 0.262 e. The van der Waals surface area contributed by atoms with Crippen molar-refractivity contribution in [2.75, 3.05) is 17.2 Å². The Morgan fingerprint density at radius 3 is 2.24 bits per heavy atom. The predicted octanol–water partition coefficient (Wildman–Crippen LogP) is 3.45. The van der Waals surface area contributed by atoms with Crippen LogP contribution in [0.2, 0.25) is 0 Å². The van der Waals surface area contributed by atoms with Crippen molar-refractivity contribution >= 4 is 33.2 Å². The largest absolute Gasteiger partial charge is 0.483 e. The van der Waals surface area contributed by atoms with Gasteiger partial charge in [-0.15, -0.1) is 0 Å². The molecule has 0 unspecified atom stereocenters. The van der Waals surface area contributed by atoms with Crippen LogP contribution in [0.5, 0.6) is 5.75 Å². The minimum Gasteiger partial charge on any atom is -0.483 e. The second-order valence-electron chi connectivity index (χ2n) is 7.34. The van der Waals surface area contributed by atoms with E-state index in [4.69, 9.17) is 4.74 Å². The third kappa shape index (κ3) is 7.16. The van der Waals surface area contributed by atoms with Gasteiger partial charge in [-0.1, -0.05) is 36.4 Å². The van der Waals surface area contributed by atoms with Gasteiger partial charge in [-0.25, -0.2) is 13.1 Å². The fraction of sp³-hybridized carbons (Fsp3) is 0.167. The number of rotatable bonds is 9. The summed E-state index contributed by atoms with van der Waals surface area (Å²) in [4.78, 5) is 23.5. The first-order chi connectivity index (χ1) is 15.7. The third-order valence-corrected chi connectivity index (χ3v) is 5.99. The molecule has 3 N–H and O–H groups in total. The van der Waals surface area contributed by atoms with Gasteiger partial charge in [0.15, 0.2) is 6.61 Å². The number of aryl methyl sites for hydroxylation is 1. The quantitative estimate of drug-likeness (QED) is 0.446. The lowest BCUT2D eigenvalue weighted by atomic mass is 10.2. The first-order valence-corrected chi connectivity index (χ1v) is 11.7.